The third-order valence-electron chi connectivity index (χ3n) is 6.31. The van der Waals surface area contributed by atoms with Crippen LogP contribution in [0.25, 0.3) is 0 Å². The van der Waals surface area contributed by atoms with Crippen molar-refractivity contribution in [2.45, 2.75) is 31.3 Å². The minimum Gasteiger partial charge on any atom is -0.480 e. The molecule has 2 atom stereocenters. The monoisotopic (exact) mass is 602 g/mol. The fraction of sp³-hybridized carbons (Fsp3) is 0.214. The molecule has 208 valence electrons. The standard InChI is InChI=1S/C28H25Cl3N4O5/c29-17-6-3-4-15(10-17)11-24(36)33-18-12-20(30)25(21(31)13-18)26(37)34-23(27(38)39)14-32-28(40)35-22-9-8-16-5-1-2-7-19(16)22/h1-7,10,12-13,22-23H,8-9,11,14H2,(H,33,36)(H,34,37)(H,38,39)(H2,32,35,40)/t22-,23+/m1/s1. The Morgan fingerprint density at radius 3 is 2.38 bits per heavy atom. The van der Waals surface area contributed by atoms with Gasteiger partial charge in [0.1, 0.15) is 6.04 Å². The number of fused-ring (bicyclic) bond motifs is 1. The molecule has 1 aliphatic carbocycles. The molecule has 0 unspecified atom stereocenters. The van der Waals surface area contributed by atoms with E-state index in [2.05, 4.69) is 21.3 Å². The molecule has 12 heteroatoms. The number of hydrogen-bond donors (Lipinski definition) is 5. The summed E-state index contributed by atoms with van der Waals surface area (Å²) in [6.07, 6.45) is 1.62. The van der Waals surface area contributed by atoms with E-state index in [9.17, 15) is 24.3 Å². The van der Waals surface area contributed by atoms with Gasteiger partial charge in [-0.25, -0.2) is 9.59 Å². The molecule has 3 aromatic rings. The summed E-state index contributed by atoms with van der Waals surface area (Å²) < 4.78 is 0. The maximum absolute atomic E-state index is 12.9. The van der Waals surface area contributed by atoms with Gasteiger partial charge in [0.2, 0.25) is 5.91 Å². The molecule has 3 aromatic carbocycles. The number of rotatable bonds is 9. The molecule has 40 heavy (non-hydrogen) atoms. The van der Waals surface area contributed by atoms with E-state index < -0.39 is 23.9 Å². The largest absolute Gasteiger partial charge is 0.480 e. The summed E-state index contributed by atoms with van der Waals surface area (Å²) in [5, 5.41) is 20.2. The van der Waals surface area contributed by atoms with Crippen LogP contribution in [0.2, 0.25) is 15.1 Å². The van der Waals surface area contributed by atoms with Gasteiger partial charge < -0.3 is 26.4 Å². The highest BCUT2D eigenvalue weighted by Gasteiger charge is 2.27. The van der Waals surface area contributed by atoms with Gasteiger partial charge in [0.05, 0.1) is 34.6 Å². The third-order valence-corrected chi connectivity index (χ3v) is 7.15. The lowest BCUT2D eigenvalue weighted by molar-refractivity contribution is -0.139. The van der Waals surface area contributed by atoms with Crippen LogP contribution >= 0.6 is 34.8 Å². The van der Waals surface area contributed by atoms with E-state index in [1.165, 1.54) is 12.1 Å². The number of amides is 4. The van der Waals surface area contributed by atoms with Gasteiger partial charge in [-0.05, 0) is 53.8 Å². The Labute approximate surface area is 245 Å². The number of carboxylic acids is 1. The van der Waals surface area contributed by atoms with Crippen molar-refractivity contribution in [2.75, 3.05) is 11.9 Å². The van der Waals surface area contributed by atoms with Crippen LogP contribution in [-0.2, 0) is 22.4 Å². The van der Waals surface area contributed by atoms with E-state index in [1.54, 1.807) is 24.3 Å². The molecule has 0 radical (unpaired) electrons. The Morgan fingerprint density at radius 2 is 1.68 bits per heavy atom. The number of anilines is 1. The first-order valence-corrected chi connectivity index (χ1v) is 13.4. The highest BCUT2D eigenvalue weighted by Crippen LogP contribution is 2.31. The van der Waals surface area contributed by atoms with E-state index in [-0.39, 0.29) is 46.2 Å². The summed E-state index contributed by atoms with van der Waals surface area (Å²) in [7, 11) is 0. The number of benzene rings is 3. The Kier molecular flexibility index (Phi) is 9.52. The van der Waals surface area contributed by atoms with Crippen LogP contribution in [0.5, 0.6) is 0 Å². The van der Waals surface area contributed by atoms with Gasteiger partial charge >= 0.3 is 12.0 Å². The van der Waals surface area contributed by atoms with E-state index in [4.69, 9.17) is 34.8 Å². The van der Waals surface area contributed by atoms with Crippen LogP contribution in [0.3, 0.4) is 0 Å². The molecule has 0 aromatic heterocycles. The number of halogens is 3. The lowest BCUT2D eigenvalue weighted by Crippen LogP contribution is -2.50. The van der Waals surface area contributed by atoms with E-state index in [0.29, 0.717) is 10.6 Å². The number of carbonyl (C=O) groups excluding carboxylic acids is 3. The molecule has 0 aliphatic heterocycles. The first-order valence-electron chi connectivity index (χ1n) is 12.3. The average molecular weight is 604 g/mol. The molecule has 1 aliphatic rings. The Hall–Kier alpha value is -3.79. The fourth-order valence-electron chi connectivity index (χ4n) is 4.44. The van der Waals surface area contributed by atoms with Gasteiger partial charge in [0.25, 0.3) is 5.91 Å². The smallest absolute Gasteiger partial charge is 0.328 e. The number of nitrogens with one attached hydrogen (secondary N) is 4. The Balaban J connectivity index is 1.34. The van der Waals surface area contributed by atoms with E-state index in [1.807, 2.05) is 24.3 Å². The lowest BCUT2D eigenvalue weighted by atomic mass is 10.1. The number of hydrogen-bond acceptors (Lipinski definition) is 4. The SMILES string of the molecule is O=C(Cc1cccc(Cl)c1)Nc1cc(Cl)c(C(=O)N[C@@H](CNC(=O)N[C@@H]2CCc3ccccc32)C(=O)O)c(Cl)c1. The number of carboxylic acid groups (broad SMARTS) is 1. The zero-order valence-electron chi connectivity index (χ0n) is 21.0. The summed E-state index contributed by atoms with van der Waals surface area (Å²) in [5.74, 6) is -2.58. The van der Waals surface area contributed by atoms with Crippen LogP contribution in [0.15, 0.2) is 60.7 Å². The predicted octanol–water partition coefficient (Wildman–Crippen LogP) is 5.00. The van der Waals surface area contributed by atoms with Gasteiger partial charge in [0, 0.05) is 10.7 Å². The van der Waals surface area contributed by atoms with Crippen molar-refractivity contribution < 1.29 is 24.3 Å². The maximum Gasteiger partial charge on any atom is 0.328 e. The first-order chi connectivity index (χ1) is 19.1. The summed E-state index contributed by atoms with van der Waals surface area (Å²) in [6.45, 7) is -0.381. The van der Waals surface area contributed by atoms with Crippen molar-refractivity contribution in [1.29, 1.82) is 0 Å². The van der Waals surface area contributed by atoms with Crippen molar-refractivity contribution in [3.8, 4) is 0 Å². The van der Waals surface area contributed by atoms with Crippen LogP contribution in [0, 0.1) is 0 Å². The second-order valence-corrected chi connectivity index (χ2v) is 10.4. The van der Waals surface area contributed by atoms with Crippen LogP contribution < -0.4 is 21.3 Å². The Morgan fingerprint density at radius 1 is 0.950 bits per heavy atom. The van der Waals surface area contributed by atoms with E-state index >= 15 is 0 Å². The highest BCUT2D eigenvalue weighted by atomic mass is 35.5. The zero-order chi connectivity index (χ0) is 28.8. The molecule has 5 N–H and O–H groups in total. The topological polar surface area (TPSA) is 137 Å². The highest BCUT2D eigenvalue weighted by molar-refractivity contribution is 6.40. The van der Waals surface area contributed by atoms with Crippen molar-refractivity contribution in [1.82, 2.24) is 16.0 Å². The summed E-state index contributed by atoms with van der Waals surface area (Å²) in [4.78, 5) is 49.6. The quantitative estimate of drug-likeness (QED) is 0.235. The van der Waals surface area contributed by atoms with Gasteiger partial charge in [-0.1, -0.05) is 71.2 Å². The molecular formula is C28H25Cl3N4O5. The summed E-state index contributed by atoms with van der Waals surface area (Å²) in [6, 6.07) is 15.1. The maximum atomic E-state index is 12.9. The van der Waals surface area contributed by atoms with Crippen LogP contribution in [-0.4, -0.2) is 41.5 Å². The average Bonchev–Trinajstić information content (AvgIpc) is 3.28. The molecule has 4 amide bonds. The predicted molar refractivity (Wildman–Crippen MR) is 153 cm³/mol. The van der Waals surface area contributed by atoms with E-state index in [0.717, 1.165) is 24.0 Å². The number of urea groups is 1. The molecule has 4 rings (SSSR count). The van der Waals surface area contributed by atoms with Gasteiger partial charge in [-0.3, -0.25) is 9.59 Å². The zero-order valence-corrected chi connectivity index (χ0v) is 23.2. The molecule has 9 nitrogen and oxygen atoms in total. The fourth-order valence-corrected chi connectivity index (χ4v) is 5.31. The number of aliphatic carboxylic acids is 1. The van der Waals surface area contributed by atoms with Crippen LogP contribution in [0.4, 0.5) is 10.5 Å². The minimum atomic E-state index is -1.46. The van der Waals surface area contributed by atoms with Crippen molar-refractivity contribution in [3.63, 3.8) is 0 Å². The normalized spacial score (nSPS) is 14.5. The second-order valence-electron chi connectivity index (χ2n) is 9.18. The van der Waals surface area contributed by atoms with Gasteiger partial charge in [0.15, 0.2) is 0 Å². The number of aryl methyl sites for hydroxylation is 1. The van der Waals surface area contributed by atoms with Crippen molar-refractivity contribution in [2.24, 2.45) is 0 Å². The van der Waals surface area contributed by atoms with Gasteiger partial charge in [-0.2, -0.15) is 0 Å². The van der Waals surface area contributed by atoms with Crippen molar-refractivity contribution in [3.05, 3.63) is 98.0 Å². The third kappa shape index (κ3) is 7.44. The molecule has 0 heterocycles. The lowest BCUT2D eigenvalue weighted by Gasteiger charge is -2.19. The first kappa shape index (κ1) is 29.2. The van der Waals surface area contributed by atoms with Crippen LogP contribution in [0.1, 0.15) is 39.5 Å². The summed E-state index contributed by atoms with van der Waals surface area (Å²) >= 11 is 18.5. The van der Waals surface area contributed by atoms with Gasteiger partial charge in [-0.15, -0.1) is 0 Å². The molecular weight excluding hydrogens is 579 g/mol. The number of carbonyl (C=O) groups is 4. The molecule has 0 fully saturated rings. The van der Waals surface area contributed by atoms with Crippen molar-refractivity contribution >= 4 is 64.3 Å². The summed E-state index contributed by atoms with van der Waals surface area (Å²) in [5.41, 5.74) is 2.96. The molecule has 0 saturated carbocycles. The molecule has 0 bridgehead atoms. The molecule has 0 spiro atoms. The Bertz CT molecular complexity index is 1440. The second kappa shape index (κ2) is 13.0. The minimum absolute atomic E-state index is 0.0478. The molecule has 0 saturated heterocycles.